The summed E-state index contributed by atoms with van der Waals surface area (Å²) in [5.74, 6) is -1.26. The number of aromatic nitrogens is 1. The quantitative estimate of drug-likeness (QED) is 0.902. The van der Waals surface area contributed by atoms with Crippen molar-refractivity contribution in [2.45, 2.75) is 6.42 Å². The van der Waals surface area contributed by atoms with Crippen LogP contribution in [-0.2, 0) is 9.59 Å². The molecule has 1 aromatic carbocycles. The second-order valence-electron chi connectivity index (χ2n) is 5.35. The molecule has 1 unspecified atom stereocenters. The Morgan fingerprint density at radius 2 is 2.08 bits per heavy atom. The van der Waals surface area contributed by atoms with E-state index in [4.69, 9.17) is 23.2 Å². The predicted molar refractivity (Wildman–Crippen MR) is 89.7 cm³/mol. The van der Waals surface area contributed by atoms with Gasteiger partial charge in [-0.1, -0.05) is 23.2 Å². The zero-order valence-electron chi connectivity index (χ0n) is 12.3. The highest BCUT2D eigenvalue weighted by atomic mass is 35.5. The fourth-order valence-corrected chi connectivity index (χ4v) is 2.75. The molecule has 0 saturated carbocycles. The first-order valence-corrected chi connectivity index (χ1v) is 7.87. The van der Waals surface area contributed by atoms with Crippen LogP contribution in [0.2, 0.25) is 10.0 Å². The van der Waals surface area contributed by atoms with Gasteiger partial charge in [-0.3, -0.25) is 9.59 Å². The van der Waals surface area contributed by atoms with Crippen molar-refractivity contribution in [3.63, 3.8) is 0 Å². The molecular formula is C16H12Cl2FN3O2. The maximum absolute atomic E-state index is 13.2. The number of hydrogen-bond acceptors (Lipinski definition) is 3. The smallest absolute Gasteiger partial charge is 0.230 e. The summed E-state index contributed by atoms with van der Waals surface area (Å²) in [4.78, 5) is 29.9. The average molecular weight is 368 g/mol. The van der Waals surface area contributed by atoms with E-state index in [0.717, 1.165) is 0 Å². The van der Waals surface area contributed by atoms with Crippen LogP contribution in [0, 0.1) is 11.7 Å². The van der Waals surface area contributed by atoms with Crippen LogP contribution in [0.15, 0.2) is 36.5 Å². The zero-order chi connectivity index (χ0) is 17.3. The van der Waals surface area contributed by atoms with Gasteiger partial charge in [-0.15, -0.1) is 0 Å². The van der Waals surface area contributed by atoms with Crippen LogP contribution in [0.1, 0.15) is 6.42 Å². The van der Waals surface area contributed by atoms with Gasteiger partial charge >= 0.3 is 0 Å². The van der Waals surface area contributed by atoms with Gasteiger partial charge in [-0.05, 0) is 30.3 Å². The lowest BCUT2D eigenvalue weighted by Gasteiger charge is -2.17. The van der Waals surface area contributed by atoms with Gasteiger partial charge in [0.05, 0.1) is 16.0 Å². The topological polar surface area (TPSA) is 62.3 Å². The fraction of sp³-hybridized carbons (Fsp3) is 0.188. The Hall–Kier alpha value is -2.18. The number of carbonyl (C=O) groups excluding carboxylic acids is 2. The van der Waals surface area contributed by atoms with E-state index in [1.54, 1.807) is 12.1 Å². The lowest BCUT2D eigenvalue weighted by atomic mass is 10.1. The number of benzene rings is 1. The van der Waals surface area contributed by atoms with Gasteiger partial charge in [0, 0.05) is 24.8 Å². The third-order valence-electron chi connectivity index (χ3n) is 3.69. The van der Waals surface area contributed by atoms with Crippen molar-refractivity contribution in [3.05, 3.63) is 52.4 Å². The summed E-state index contributed by atoms with van der Waals surface area (Å²) >= 11 is 11.5. The van der Waals surface area contributed by atoms with Crippen LogP contribution in [0.3, 0.4) is 0 Å². The van der Waals surface area contributed by atoms with E-state index in [9.17, 15) is 14.0 Å². The van der Waals surface area contributed by atoms with Crippen molar-refractivity contribution in [2.75, 3.05) is 16.8 Å². The van der Waals surface area contributed by atoms with Crippen molar-refractivity contribution in [2.24, 2.45) is 5.92 Å². The lowest BCUT2D eigenvalue weighted by Crippen LogP contribution is -2.28. The molecule has 5 nitrogen and oxygen atoms in total. The van der Waals surface area contributed by atoms with Crippen molar-refractivity contribution in [3.8, 4) is 0 Å². The molecule has 1 fully saturated rings. The molecule has 3 rings (SSSR count). The molecule has 1 aliphatic heterocycles. The molecule has 1 saturated heterocycles. The molecule has 8 heteroatoms. The summed E-state index contributed by atoms with van der Waals surface area (Å²) < 4.78 is 13.2. The molecule has 2 aromatic rings. The van der Waals surface area contributed by atoms with Crippen LogP contribution < -0.4 is 10.2 Å². The first-order chi connectivity index (χ1) is 11.4. The first kappa shape index (κ1) is 16.7. The Kier molecular flexibility index (Phi) is 4.69. The van der Waals surface area contributed by atoms with Gasteiger partial charge in [0.1, 0.15) is 11.6 Å². The third-order valence-corrected chi connectivity index (χ3v) is 4.20. The molecule has 124 valence electrons. The highest BCUT2D eigenvalue weighted by molar-refractivity contribution is 6.31. The molecule has 0 radical (unpaired) electrons. The van der Waals surface area contributed by atoms with Crippen molar-refractivity contribution in [1.82, 2.24) is 4.98 Å². The fourth-order valence-electron chi connectivity index (χ4n) is 2.46. The van der Waals surface area contributed by atoms with Crippen LogP contribution >= 0.6 is 23.2 Å². The molecule has 2 amide bonds. The van der Waals surface area contributed by atoms with E-state index in [2.05, 4.69) is 10.3 Å². The van der Waals surface area contributed by atoms with E-state index in [0.29, 0.717) is 16.5 Å². The van der Waals surface area contributed by atoms with Gasteiger partial charge in [0.15, 0.2) is 0 Å². The maximum atomic E-state index is 13.2. The van der Waals surface area contributed by atoms with E-state index in [1.807, 2.05) is 0 Å². The molecule has 1 aromatic heterocycles. The second-order valence-corrected chi connectivity index (χ2v) is 6.20. The lowest BCUT2D eigenvalue weighted by molar-refractivity contribution is -0.122. The van der Waals surface area contributed by atoms with Gasteiger partial charge in [-0.25, -0.2) is 9.37 Å². The van der Waals surface area contributed by atoms with Crippen molar-refractivity contribution >= 4 is 46.5 Å². The van der Waals surface area contributed by atoms with E-state index < -0.39 is 11.7 Å². The number of nitrogens with zero attached hydrogens (tertiary/aromatic N) is 2. The van der Waals surface area contributed by atoms with Crippen molar-refractivity contribution in [1.29, 1.82) is 0 Å². The van der Waals surface area contributed by atoms with Crippen LogP contribution in [0.5, 0.6) is 0 Å². The molecule has 1 aliphatic rings. The largest absolute Gasteiger partial charge is 0.312 e. The number of hydrogen-bond donors (Lipinski definition) is 1. The molecule has 24 heavy (non-hydrogen) atoms. The highest BCUT2D eigenvalue weighted by Gasteiger charge is 2.35. The van der Waals surface area contributed by atoms with E-state index in [1.165, 1.54) is 29.3 Å². The minimum atomic E-state index is -0.560. The van der Waals surface area contributed by atoms with Crippen LogP contribution in [0.4, 0.5) is 15.9 Å². The van der Waals surface area contributed by atoms with Crippen LogP contribution in [-0.4, -0.2) is 23.3 Å². The van der Waals surface area contributed by atoms with E-state index in [-0.39, 0.29) is 29.8 Å². The minimum Gasteiger partial charge on any atom is -0.312 e. The monoisotopic (exact) mass is 367 g/mol. The molecule has 0 spiro atoms. The SMILES string of the molecule is O=C(Nc1ccc(Cl)cn1)C1CC(=O)N(c2ccc(F)c(Cl)c2)C1. The maximum Gasteiger partial charge on any atom is 0.230 e. The molecule has 0 bridgehead atoms. The van der Waals surface area contributed by atoms with E-state index >= 15 is 0 Å². The molecule has 1 atom stereocenters. The summed E-state index contributed by atoms with van der Waals surface area (Å²) in [6.07, 6.45) is 1.48. The predicted octanol–water partition coefficient (Wildman–Crippen LogP) is 3.52. The number of rotatable bonds is 3. The Bertz CT molecular complexity index is 798. The molecular weight excluding hydrogens is 356 g/mol. The minimum absolute atomic E-state index is 0.0639. The number of amides is 2. The Morgan fingerprint density at radius 1 is 1.29 bits per heavy atom. The third kappa shape index (κ3) is 3.49. The number of carbonyl (C=O) groups is 2. The van der Waals surface area contributed by atoms with Gasteiger partial charge in [0.2, 0.25) is 11.8 Å². The second kappa shape index (κ2) is 6.75. The van der Waals surface area contributed by atoms with Gasteiger partial charge < -0.3 is 10.2 Å². The number of nitrogens with one attached hydrogen (secondary N) is 1. The Labute approximate surface area is 147 Å². The average Bonchev–Trinajstić information content (AvgIpc) is 2.94. The normalized spacial score (nSPS) is 17.2. The van der Waals surface area contributed by atoms with Crippen molar-refractivity contribution < 1.29 is 14.0 Å². The number of anilines is 2. The molecule has 0 aliphatic carbocycles. The summed E-state index contributed by atoms with van der Waals surface area (Å²) in [5.41, 5.74) is 0.464. The summed E-state index contributed by atoms with van der Waals surface area (Å²) in [6.45, 7) is 0.195. The molecule has 2 heterocycles. The highest BCUT2D eigenvalue weighted by Crippen LogP contribution is 2.29. The number of halogens is 3. The summed E-state index contributed by atoms with van der Waals surface area (Å²) in [6, 6.07) is 7.21. The number of pyridine rings is 1. The summed E-state index contributed by atoms with van der Waals surface area (Å²) in [7, 11) is 0. The summed E-state index contributed by atoms with van der Waals surface area (Å²) in [5, 5.41) is 3.04. The Balaban J connectivity index is 1.70. The van der Waals surface area contributed by atoms with Crippen LogP contribution in [0.25, 0.3) is 0 Å². The first-order valence-electron chi connectivity index (χ1n) is 7.12. The standard InChI is InChI=1S/C16H12Cl2FN3O2/c17-10-1-4-14(20-7-10)21-16(24)9-5-15(23)22(8-9)11-2-3-13(19)12(18)6-11/h1-4,6-7,9H,5,8H2,(H,20,21,24). The Morgan fingerprint density at radius 3 is 2.75 bits per heavy atom. The van der Waals surface area contributed by atoms with Gasteiger partial charge in [0.25, 0.3) is 0 Å². The zero-order valence-corrected chi connectivity index (χ0v) is 13.8. The van der Waals surface area contributed by atoms with Gasteiger partial charge in [-0.2, -0.15) is 0 Å². The molecule has 1 N–H and O–H groups in total.